The minimum Gasteiger partial charge on any atom is -0.368 e. The fourth-order valence-corrected chi connectivity index (χ4v) is 4.15. The van der Waals surface area contributed by atoms with Gasteiger partial charge < -0.3 is 15.1 Å². The third-order valence-electron chi connectivity index (χ3n) is 6.22. The number of rotatable bonds is 5. The number of nitriles is 1. The minimum absolute atomic E-state index is 0.0131. The van der Waals surface area contributed by atoms with E-state index in [1.165, 1.54) is 12.1 Å². The van der Waals surface area contributed by atoms with Gasteiger partial charge in [-0.2, -0.15) is 5.26 Å². The fraction of sp³-hybridized carbons (Fsp3) is 0.304. The van der Waals surface area contributed by atoms with Gasteiger partial charge in [0.15, 0.2) is 0 Å². The van der Waals surface area contributed by atoms with E-state index in [9.17, 15) is 24.5 Å². The van der Waals surface area contributed by atoms with E-state index in [0.29, 0.717) is 37.3 Å². The first-order chi connectivity index (χ1) is 16.2. The summed E-state index contributed by atoms with van der Waals surface area (Å²) in [5.41, 5.74) is 0.476. The Labute approximate surface area is 195 Å². The van der Waals surface area contributed by atoms with Crippen LogP contribution in [0.4, 0.5) is 16.2 Å². The van der Waals surface area contributed by atoms with Crippen LogP contribution in [0.3, 0.4) is 0 Å². The second-order valence-electron chi connectivity index (χ2n) is 8.28. The molecule has 1 N–H and O–H groups in total. The molecular weight excluding hydrogens is 440 g/mol. The van der Waals surface area contributed by atoms with Crippen molar-refractivity contribution in [1.29, 1.82) is 5.26 Å². The van der Waals surface area contributed by atoms with E-state index in [-0.39, 0.29) is 18.1 Å². The zero-order chi connectivity index (χ0) is 24.5. The van der Waals surface area contributed by atoms with Gasteiger partial charge >= 0.3 is 6.03 Å². The molecule has 11 heteroatoms. The average Bonchev–Trinajstić information content (AvgIpc) is 3.08. The molecule has 174 valence electrons. The number of nitrogens with one attached hydrogen (secondary N) is 1. The third-order valence-corrected chi connectivity index (χ3v) is 6.22. The van der Waals surface area contributed by atoms with E-state index >= 15 is 0 Å². The van der Waals surface area contributed by atoms with Crippen LogP contribution in [-0.4, -0.2) is 65.3 Å². The predicted molar refractivity (Wildman–Crippen MR) is 121 cm³/mol. The lowest BCUT2D eigenvalue weighted by molar-refractivity contribution is -0.384. The molecule has 11 nitrogen and oxygen atoms in total. The summed E-state index contributed by atoms with van der Waals surface area (Å²) in [5.74, 6) is -0.865. The molecule has 2 aliphatic heterocycles. The molecule has 1 atom stereocenters. The molecule has 0 aliphatic carbocycles. The van der Waals surface area contributed by atoms with E-state index in [1.54, 1.807) is 48.2 Å². The average molecular weight is 462 g/mol. The van der Waals surface area contributed by atoms with Crippen LogP contribution in [-0.2, 0) is 15.1 Å². The molecule has 2 aliphatic rings. The van der Waals surface area contributed by atoms with Crippen LogP contribution in [0.5, 0.6) is 0 Å². The van der Waals surface area contributed by atoms with E-state index in [4.69, 9.17) is 5.26 Å². The van der Waals surface area contributed by atoms with Crippen LogP contribution < -0.4 is 10.2 Å². The lowest BCUT2D eigenvalue weighted by Gasteiger charge is -2.36. The van der Waals surface area contributed by atoms with Gasteiger partial charge in [-0.1, -0.05) is 12.1 Å². The number of anilines is 1. The van der Waals surface area contributed by atoms with Crippen molar-refractivity contribution in [1.82, 2.24) is 15.1 Å². The smallest absolute Gasteiger partial charge is 0.325 e. The SMILES string of the molecule is CC1(c2ccc(C#N)cc2)NC(=O)N(CC(=O)N2CCN(c3ccc([N+](=O)[O-])cc3)CC2)C1=O. The molecule has 1 unspecified atom stereocenters. The summed E-state index contributed by atoms with van der Waals surface area (Å²) in [6.07, 6.45) is 0. The number of imide groups is 1. The summed E-state index contributed by atoms with van der Waals surface area (Å²) in [5, 5.41) is 22.4. The zero-order valence-electron chi connectivity index (χ0n) is 18.4. The molecule has 0 saturated carbocycles. The van der Waals surface area contributed by atoms with E-state index in [0.717, 1.165) is 10.6 Å². The Morgan fingerprint density at radius 3 is 2.26 bits per heavy atom. The first-order valence-electron chi connectivity index (χ1n) is 10.6. The fourth-order valence-electron chi connectivity index (χ4n) is 4.15. The third kappa shape index (κ3) is 4.13. The Kier molecular flexibility index (Phi) is 5.89. The lowest BCUT2D eigenvalue weighted by atomic mass is 9.91. The van der Waals surface area contributed by atoms with Gasteiger partial charge in [-0.05, 0) is 36.8 Å². The second-order valence-corrected chi connectivity index (χ2v) is 8.28. The van der Waals surface area contributed by atoms with Crippen LogP contribution in [0, 0.1) is 21.4 Å². The molecule has 2 heterocycles. The zero-order valence-corrected chi connectivity index (χ0v) is 18.4. The molecular formula is C23H22N6O5. The van der Waals surface area contributed by atoms with Crippen molar-refractivity contribution in [3.8, 4) is 6.07 Å². The van der Waals surface area contributed by atoms with Gasteiger partial charge in [0.25, 0.3) is 11.6 Å². The number of benzene rings is 2. The Balaban J connectivity index is 1.37. The molecule has 2 fully saturated rings. The van der Waals surface area contributed by atoms with Gasteiger partial charge in [-0.25, -0.2) is 4.79 Å². The summed E-state index contributed by atoms with van der Waals surface area (Å²) in [7, 11) is 0. The Morgan fingerprint density at radius 2 is 1.71 bits per heavy atom. The molecule has 0 radical (unpaired) electrons. The second kappa shape index (κ2) is 8.82. The maximum absolute atomic E-state index is 13.1. The highest BCUT2D eigenvalue weighted by Crippen LogP contribution is 2.29. The van der Waals surface area contributed by atoms with Crippen LogP contribution >= 0.6 is 0 Å². The number of nitro benzene ring substituents is 1. The van der Waals surface area contributed by atoms with Gasteiger partial charge in [0.05, 0.1) is 16.6 Å². The maximum Gasteiger partial charge on any atom is 0.325 e. The summed E-state index contributed by atoms with van der Waals surface area (Å²) in [6, 6.07) is 13.9. The maximum atomic E-state index is 13.1. The molecule has 4 amide bonds. The molecule has 4 rings (SSSR count). The van der Waals surface area contributed by atoms with Crippen molar-refractivity contribution in [2.45, 2.75) is 12.5 Å². The topological polar surface area (TPSA) is 140 Å². The van der Waals surface area contributed by atoms with Crippen molar-refractivity contribution in [3.63, 3.8) is 0 Å². The van der Waals surface area contributed by atoms with Crippen LogP contribution in [0.2, 0.25) is 0 Å². The highest BCUT2D eigenvalue weighted by atomic mass is 16.6. The minimum atomic E-state index is -1.32. The molecule has 2 aromatic carbocycles. The van der Waals surface area contributed by atoms with Crippen molar-refractivity contribution in [2.24, 2.45) is 0 Å². The number of hydrogen-bond acceptors (Lipinski definition) is 7. The van der Waals surface area contributed by atoms with Crippen molar-refractivity contribution >= 4 is 29.2 Å². The van der Waals surface area contributed by atoms with Gasteiger partial charge in [0.2, 0.25) is 5.91 Å². The number of carbonyl (C=O) groups is 3. The van der Waals surface area contributed by atoms with Crippen molar-refractivity contribution < 1.29 is 19.3 Å². The number of nitro groups is 1. The largest absolute Gasteiger partial charge is 0.368 e. The van der Waals surface area contributed by atoms with Gasteiger partial charge in [0.1, 0.15) is 12.1 Å². The highest BCUT2D eigenvalue weighted by molar-refractivity contribution is 6.09. The monoisotopic (exact) mass is 462 g/mol. The quantitative estimate of drug-likeness (QED) is 0.404. The first kappa shape index (κ1) is 22.7. The van der Waals surface area contributed by atoms with Gasteiger partial charge in [0, 0.05) is 44.0 Å². The molecule has 0 spiro atoms. The highest BCUT2D eigenvalue weighted by Gasteiger charge is 2.49. The number of urea groups is 1. The van der Waals surface area contributed by atoms with Crippen LogP contribution in [0.1, 0.15) is 18.1 Å². The summed E-state index contributed by atoms with van der Waals surface area (Å²) < 4.78 is 0. The molecule has 2 aromatic rings. The van der Waals surface area contributed by atoms with E-state index in [2.05, 4.69) is 5.32 Å². The molecule has 0 aromatic heterocycles. The molecule has 0 bridgehead atoms. The Hall–Kier alpha value is -4.46. The number of nitrogens with zero attached hydrogens (tertiary/aromatic N) is 5. The lowest BCUT2D eigenvalue weighted by Crippen LogP contribution is -2.52. The summed E-state index contributed by atoms with van der Waals surface area (Å²) in [4.78, 5) is 53.4. The number of non-ortho nitro benzene ring substituents is 1. The Morgan fingerprint density at radius 1 is 1.09 bits per heavy atom. The van der Waals surface area contributed by atoms with Crippen molar-refractivity contribution in [3.05, 3.63) is 69.8 Å². The number of piperazine rings is 1. The van der Waals surface area contributed by atoms with Crippen molar-refractivity contribution in [2.75, 3.05) is 37.6 Å². The Bertz CT molecular complexity index is 1180. The number of amides is 4. The van der Waals surface area contributed by atoms with Crippen LogP contribution in [0.25, 0.3) is 0 Å². The normalized spacial score (nSPS) is 20.2. The van der Waals surface area contributed by atoms with Gasteiger partial charge in [-0.15, -0.1) is 0 Å². The molecule has 34 heavy (non-hydrogen) atoms. The van der Waals surface area contributed by atoms with Gasteiger partial charge in [-0.3, -0.25) is 24.6 Å². The van der Waals surface area contributed by atoms with E-state index in [1.807, 2.05) is 11.0 Å². The predicted octanol–water partition coefficient (Wildman–Crippen LogP) is 1.58. The summed E-state index contributed by atoms with van der Waals surface area (Å²) >= 11 is 0. The number of carbonyl (C=O) groups excluding carboxylic acids is 3. The number of hydrogen-bond donors (Lipinski definition) is 1. The van der Waals surface area contributed by atoms with Crippen LogP contribution in [0.15, 0.2) is 48.5 Å². The molecule has 2 saturated heterocycles. The standard InChI is InChI=1S/C23H22N6O5/c1-23(17-4-2-16(14-24)3-5-17)21(31)28(22(32)25-23)15-20(30)27-12-10-26(11-13-27)18-6-8-19(9-7-18)29(33)34/h2-9H,10-13,15H2,1H3,(H,25,32). The first-order valence-corrected chi connectivity index (χ1v) is 10.6. The van der Waals surface area contributed by atoms with E-state index < -0.39 is 22.4 Å². The summed E-state index contributed by atoms with van der Waals surface area (Å²) in [6.45, 7) is 3.04.